The Morgan fingerprint density at radius 3 is 2.67 bits per heavy atom. The second-order valence-corrected chi connectivity index (χ2v) is 6.37. The van der Waals surface area contributed by atoms with Crippen LogP contribution in [-0.4, -0.2) is 12.0 Å². The summed E-state index contributed by atoms with van der Waals surface area (Å²) in [7, 11) is 2.07. The van der Waals surface area contributed by atoms with Gasteiger partial charge in [-0.2, -0.15) is 0 Å². The summed E-state index contributed by atoms with van der Waals surface area (Å²) in [4.78, 5) is 5.97. The molecule has 1 N–H and O–H groups in total. The van der Waals surface area contributed by atoms with Gasteiger partial charge in [0.1, 0.15) is 0 Å². The Balaban J connectivity index is 2.23. The molecule has 0 bridgehead atoms. The van der Waals surface area contributed by atoms with Crippen LogP contribution in [0, 0.1) is 13.8 Å². The average Bonchev–Trinajstić information content (AvgIpc) is 2.62. The van der Waals surface area contributed by atoms with E-state index in [0.29, 0.717) is 6.04 Å². The Bertz CT molecular complexity index is 420. The average molecular weight is 264 g/mol. The smallest absolute Gasteiger partial charge is 0.0900 e. The van der Waals surface area contributed by atoms with Gasteiger partial charge in [0.2, 0.25) is 0 Å². The van der Waals surface area contributed by atoms with Crippen LogP contribution in [0.5, 0.6) is 0 Å². The van der Waals surface area contributed by atoms with Crippen molar-refractivity contribution in [1.82, 2.24) is 10.3 Å². The molecule has 0 saturated heterocycles. The number of rotatable bonds is 3. The lowest BCUT2D eigenvalue weighted by atomic mass is 9.94. The second kappa shape index (κ2) is 6.48. The first-order chi connectivity index (χ1) is 8.72. The molecule has 1 aliphatic carbocycles. The normalized spacial score (nSPS) is 18.9. The first kappa shape index (κ1) is 13.8. The molecule has 100 valence electrons. The Morgan fingerprint density at radius 1 is 1.22 bits per heavy atom. The molecule has 1 aliphatic rings. The number of thiazole rings is 1. The highest BCUT2D eigenvalue weighted by Crippen LogP contribution is 2.33. The maximum absolute atomic E-state index is 4.57. The van der Waals surface area contributed by atoms with Crippen molar-refractivity contribution in [3.8, 4) is 0 Å². The molecule has 1 heterocycles. The molecule has 3 heteroatoms. The third-order valence-electron chi connectivity index (χ3n) is 3.69. The summed E-state index contributed by atoms with van der Waals surface area (Å²) >= 11 is 1.84. The number of nitrogens with zero attached hydrogens (tertiary/aromatic N) is 1. The van der Waals surface area contributed by atoms with Crippen molar-refractivity contribution in [1.29, 1.82) is 0 Å². The van der Waals surface area contributed by atoms with Gasteiger partial charge in [-0.3, -0.25) is 0 Å². The fourth-order valence-electron chi connectivity index (χ4n) is 2.78. The molecule has 0 aromatic carbocycles. The summed E-state index contributed by atoms with van der Waals surface area (Å²) in [6.07, 6.45) is 10.4. The van der Waals surface area contributed by atoms with Gasteiger partial charge < -0.3 is 5.32 Å². The van der Waals surface area contributed by atoms with Gasteiger partial charge in [0.25, 0.3) is 0 Å². The van der Waals surface area contributed by atoms with Gasteiger partial charge in [0, 0.05) is 4.88 Å². The molecule has 0 saturated carbocycles. The van der Waals surface area contributed by atoms with Gasteiger partial charge in [-0.15, -0.1) is 11.3 Å². The van der Waals surface area contributed by atoms with E-state index in [1.807, 2.05) is 11.3 Å². The molecular formula is C15H24N2S. The lowest BCUT2D eigenvalue weighted by molar-refractivity contribution is 0.576. The van der Waals surface area contributed by atoms with Crippen LogP contribution in [0.15, 0.2) is 11.6 Å². The Hall–Kier alpha value is -0.670. The minimum absolute atomic E-state index is 0.384. The van der Waals surface area contributed by atoms with Gasteiger partial charge in [-0.25, -0.2) is 4.98 Å². The SMILES string of the molecule is CNC(C1=CCCCCCC1)c1sc(C)nc1C. The Morgan fingerprint density at radius 2 is 2.00 bits per heavy atom. The summed E-state index contributed by atoms with van der Waals surface area (Å²) < 4.78 is 0. The fraction of sp³-hybridized carbons (Fsp3) is 0.667. The number of nitrogens with one attached hydrogen (secondary N) is 1. The number of hydrogen-bond donors (Lipinski definition) is 1. The van der Waals surface area contributed by atoms with Gasteiger partial charge in [0.15, 0.2) is 0 Å². The van der Waals surface area contributed by atoms with Crippen LogP contribution in [0.4, 0.5) is 0 Å². The molecule has 0 spiro atoms. The van der Waals surface area contributed by atoms with Crippen molar-refractivity contribution in [3.63, 3.8) is 0 Å². The first-order valence-corrected chi connectivity index (χ1v) is 7.84. The summed E-state index contributed by atoms with van der Waals surface area (Å²) in [6, 6.07) is 0.384. The molecular weight excluding hydrogens is 240 g/mol. The lowest BCUT2D eigenvalue weighted by Crippen LogP contribution is -2.19. The van der Waals surface area contributed by atoms with E-state index in [1.54, 1.807) is 5.57 Å². The van der Waals surface area contributed by atoms with Crippen molar-refractivity contribution >= 4 is 11.3 Å². The molecule has 1 aromatic rings. The number of aryl methyl sites for hydroxylation is 2. The fourth-order valence-corrected chi connectivity index (χ4v) is 3.86. The van der Waals surface area contributed by atoms with Gasteiger partial charge in [0.05, 0.1) is 16.7 Å². The molecule has 0 fully saturated rings. The zero-order chi connectivity index (χ0) is 13.0. The molecule has 1 unspecified atom stereocenters. The highest BCUT2D eigenvalue weighted by atomic mass is 32.1. The zero-order valence-corrected chi connectivity index (χ0v) is 12.6. The van der Waals surface area contributed by atoms with Gasteiger partial charge in [-0.1, -0.05) is 24.5 Å². The van der Waals surface area contributed by atoms with E-state index in [2.05, 4.69) is 37.3 Å². The molecule has 0 amide bonds. The van der Waals surface area contributed by atoms with E-state index in [-0.39, 0.29) is 0 Å². The summed E-state index contributed by atoms with van der Waals surface area (Å²) in [5.74, 6) is 0. The van der Waals surface area contributed by atoms with E-state index in [9.17, 15) is 0 Å². The Kier molecular flexibility index (Phi) is 4.95. The van der Waals surface area contributed by atoms with Crippen molar-refractivity contribution in [3.05, 3.63) is 27.2 Å². The van der Waals surface area contributed by atoms with Gasteiger partial charge >= 0.3 is 0 Å². The van der Waals surface area contributed by atoms with E-state index in [0.717, 1.165) is 0 Å². The quantitative estimate of drug-likeness (QED) is 0.823. The van der Waals surface area contributed by atoms with E-state index in [1.165, 1.54) is 54.1 Å². The monoisotopic (exact) mass is 264 g/mol. The minimum atomic E-state index is 0.384. The molecule has 0 radical (unpaired) electrons. The van der Waals surface area contributed by atoms with Crippen molar-refractivity contribution < 1.29 is 0 Å². The third-order valence-corrected chi connectivity index (χ3v) is 4.82. The number of likely N-dealkylation sites (N-methyl/N-ethyl adjacent to an activating group) is 1. The van der Waals surface area contributed by atoms with Crippen molar-refractivity contribution in [2.45, 2.75) is 58.4 Å². The van der Waals surface area contributed by atoms with E-state index < -0.39 is 0 Å². The standard InChI is InChI=1S/C15H24N2S/c1-11-15(18-12(2)17-11)14(16-3)13-9-7-5-4-6-8-10-13/h9,14,16H,4-8,10H2,1-3H3. The summed E-state index contributed by atoms with van der Waals surface area (Å²) in [5, 5.41) is 4.67. The molecule has 2 rings (SSSR count). The third kappa shape index (κ3) is 3.21. The van der Waals surface area contributed by atoms with E-state index >= 15 is 0 Å². The largest absolute Gasteiger partial charge is 0.309 e. The van der Waals surface area contributed by atoms with E-state index in [4.69, 9.17) is 0 Å². The maximum atomic E-state index is 4.57. The summed E-state index contributed by atoms with van der Waals surface area (Å²) in [5.41, 5.74) is 2.77. The molecule has 1 aromatic heterocycles. The minimum Gasteiger partial charge on any atom is -0.309 e. The number of aromatic nitrogens is 1. The van der Waals surface area contributed by atoms with Crippen LogP contribution < -0.4 is 5.32 Å². The van der Waals surface area contributed by atoms with Gasteiger partial charge in [-0.05, 0) is 46.6 Å². The topological polar surface area (TPSA) is 24.9 Å². The zero-order valence-electron chi connectivity index (χ0n) is 11.8. The highest BCUT2D eigenvalue weighted by molar-refractivity contribution is 7.11. The van der Waals surface area contributed by atoms with Crippen LogP contribution in [0.2, 0.25) is 0 Å². The molecule has 18 heavy (non-hydrogen) atoms. The second-order valence-electron chi connectivity index (χ2n) is 5.14. The Labute approximate surface area is 115 Å². The number of hydrogen-bond acceptors (Lipinski definition) is 3. The van der Waals surface area contributed by atoms with Crippen LogP contribution in [0.1, 0.15) is 60.1 Å². The molecule has 1 atom stereocenters. The van der Waals surface area contributed by atoms with Crippen molar-refractivity contribution in [2.24, 2.45) is 0 Å². The maximum Gasteiger partial charge on any atom is 0.0900 e. The van der Waals surface area contributed by atoms with Crippen LogP contribution in [0.3, 0.4) is 0 Å². The van der Waals surface area contributed by atoms with Crippen LogP contribution in [0.25, 0.3) is 0 Å². The van der Waals surface area contributed by atoms with Crippen LogP contribution >= 0.6 is 11.3 Å². The predicted molar refractivity (Wildman–Crippen MR) is 79.2 cm³/mol. The molecule has 2 nitrogen and oxygen atoms in total. The van der Waals surface area contributed by atoms with Crippen LogP contribution in [-0.2, 0) is 0 Å². The summed E-state index contributed by atoms with van der Waals surface area (Å²) in [6.45, 7) is 4.23. The highest BCUT2D eigenvalue weighted by Gasteiger charge is 2.20. The van der Waals surface area contributed by atoms with Crippen molar-refractivity contribution in [2.75, 3.05) is 7.05 Å². The number of allylic oxidation sites excluding steroid dienone is 1. The lowest BCUT2D eigenvalue weighted by Gasteiger charge is -2.21. The predicted octanol–water partition coefficient (Wildman–Crippen LogP) is 4.30. The molecule has 0 aliphatic heterocycles. The first-order valence-electron chi connectivity index (χ1n) is 7.02.